The number of nitrogens with two attached hydrogens (primary N) is 1. The van der Waals surface area contributed by atoms with Crippen molar-refractivity contribution >= 4 is 21.7 Å². The average molecular weight is 352 g/mol. The summed E-state index contributed by atoms with van der Waals surface area (Å²) in [6.45, 7) is 1.94. The van der Waals surface area contributed by atoms with Gasteiger partial charge in [-0.05, 0) is 36.2 Å². The fraction of sp³-hybridized carbons (Fsp3) is 0.0556. The van der Waals surface area contributed by atoms with E-state index in [1.807, 2.05) is 66.1 Å². The lowest BCUT2D eigenvalue weighted by Gasteiger charge is -2.12. The normalized spacial score (nSPS) is 10.4. The lowest BCUT2D eigenvalue weighted by molar-refractivity contribution is 1.09. The number of hydrogen-bond donors (Lipinski definition) is 1. The van der Waals surface area contributed by atoms with Crippen LogP contribution in [0.15, 0.2) is 59.1 Å². The Bertz CT molecular complexity index is 873. The number of benzene rings is 2. The van der Waals surface area contributed by atoms with Crippen molar-refractivity contribution in [3.63, 3.8) is 0 Å². The Morgan fingerprint density at radius 2 is 1.82 bits per heavy atom. The van der Waals surface area contributed by atoms with E-state index in [1.165, 1.54) is 0 Å². The van der Waals surface area contributed by atoms with Crippen molar-refractivity contribution in [1.29, 1.82) is 5.26 Å². The van der Waals surface area contributed by atoms with E-state index in [0.29, 0.717) is 11.4 Å². The van der Waals surface area contributed by atoms with Gasteiger partial charge in [-0.2, -0.15) is 5.26 Å². The van der Waals surface area contributed by atoms with Crippen LogP contribution in [0.5, 0.6) is 0 Å². The molecule has 0 bridgehead atoms. The third-order valence-corrected chi connectivity index (χ3v) is 4.17. The summed E-state index contributed by atoms with van der Waals surface area (Å²) < 4.78 is 2.90. The zero-order chi connectivity index (χ0) is 15.7. The van der Waals surface area contributed by atoms with Crippen LogP contribution in [-0.4, -0.2) is 4.57 Å². The van der Waals surface area contributed by atoms with Crippen molar-refractivity contribution in [3.05, 3.63) is 70.2 Å². The fourth-order valence-electron chi connectivity index (χ4n) is 2.68. The second kappa shape index (κ2) is 5.70. The maximum absolute atomic E-state index is 9.43. The van der Waals surface area contributed by atoms with Crippen molar-refractivity contribution in [2.45, 2.75) is 6.92 Å². The smallest absolute Gasteiger partial charge is 0.126 e. The SMILES string of the molecule is Cc1c(C#N)c(N)n(-c2cccc(Br)c2)c1-c1ccccc1. The van der Waals surface area contributed by atoms with E-state index >= 15 is 0 Å². The van der Waals surface area contributed by atoms with E-state index in [9.17, 15) is 5.26 Å². The molecule has 108 valence electrons. The van der Waals surface area contributed by atoms with Gasteiger partial charge in [-0.15, -0.1) is 0 Å². The van der Waals surface area contributed by atoms with Crippen LogP contribution in [0.25, 0.3) is 16.9 Å². The van der Waals surface area contributed by atoms with Gasteiger partial charge in [0.15, 0.2) is 0 Å². The van der Waals surface area contributed by atoms with Gasteiger partial charge < -0.3 is 5.73 Å². The Morgan fingerprint density at radius 1 is 1.09 bits per heavy atom. The highest BCUT2D eigenvalue weighted by atomic mass is 79.9. The lowest BCUT2D eigenvalue weighted by atomic mass is 10.1. The van der Waals surface area contributed by atoms with E-state index in [4.69, 9.17) is 5.73 Å². The number of rotatable bonds is 2. The van der Waals surface area contributed by atoms with Gasteiger partial charge in [-0.25, -0.2) is 0 Å². The molecule has 0 atom stereocenters. The second-order valence-electron chi connectivity index (χ2n) is 5.03. The summed E-state index contributed by atoms with van der Waals surface area (Å²) in [7, 11) is 0. The van der Waals surface area contributed by atoms with E-state index < -0.39 is 0 Å². The molecule has 0 amide bonds. The summed E-state index contributed by atoms with van der Waals surface area (Å²) in [5, 5.41) is 9.43. The molecule has 0 saturated carbocycles. The Labute approximate surface area is 137 Å². The minimum absolute atomic E-state index is 0.469. The Hall–Kier alpha value is -2.51. The number of anilines is 1. The van der Waals surface area contributed by atoms with E-state index in [-0.39, 0.29) is 0 Å². The third kappa shape index (κ3) is 2.30. The topological polar surface area (TPSA) is 54.7 Å². The zero-order valence-electron chi connectivity index (χ0n) is 12.0. The maximum atomic E-state index is 9.43. The molecule has 0 spiro atoms. The Kier molecular flexibility index (Phi) is 3.74. The van der Waals surface area contributed by atoms with Crippen LogP contribution in [0, 0.1) is 18.3 Å². The molecule has 0 aliphatic rings. The molecule has 4 heteroatoms. The van der Waals surface area contributed by atoms with Crippen molar-refractivity contribution in [1.82, 2.24) is 4.57 Å². The van der Waals surface area contributed by atoms with Crippen LogP contribution in [0.3, 0.4) is 0 Å². The minimum atomic E-state index is 0.469. The van der Waals surface area contributed by atoms with Gasteiger partial charge in [0.25, 0.3) is 0 Å². The van der Waals surface area contributed by atoms with Crippen molar-refractivity contribution in [2.24, 2.45) is 0 Å². The molecule has 0 radical (unpaired) electrons. The average Bonchev–Trinajstić information content (AvgIpc) is 2.78. The highest BCUT2D eigenvalue weighted by molar-refractivity contribution is 9.10. The number of nitrogen functional groups attached to an aromatic ring is 1. The van der Waals surface area contributed by atoms with E-state index in [2.05, 4.69) is 22.0 Å². The molecule has 1 heterocycles. The number of nitriles is 1. The predicted molar refractivity (Wildman–Crippen MR) is 92.8 cm³/mol. The number of halogens is 1. The van der Waals surface area contributed by atoms with Crippen molar-refractivity contribution in [2.75, 3.05) is 5.73 Å². The first kappa shape index (κ1) is 14.4. The fourth-order valence-corrected chi connectivity index (χ4v) is 3.06. The molecule has 22 heavy (non-hydrogen) atoms. The van der Waals surface area contributed by atoms with Crippen molar-refractivity contribution in [3.8, 4) is 23.0 Å². The summed E-state index contributed by atoms with van der Waals surface area (Å²) in [5.74, 6) is 0.469. The predicted octanol–water partition coefficient (Wildman–Crippen LogP) is 4.67. The molecular weight excluding hydrogens is 338 g/mol. The summed E-state index contributed by atoms with van der Waals surface area (Å²) in [4.78, 5) is 0. The Morgan fingerprint density at radius 3 is 2.45 bits per heavy atom. The van der Waals surface area contributed by atoms with Gasteiger partial charge in [0.1, 0.15) is 11.9 Å². The first-order valence-electron chi connectivity index (χ1n) is 6.85. The van der Waals surface area contributed by atoms with Gasteiger partial charge in [0, 0.05) is 10.2 Å². The molecule has 2 aromatic carbocycles. The van der Waals surface area contributed by atoms with Gasteiger partial charge in [-0.3, -0.25) is 4.57 Å². The quantitative estimate of drug-likeness (QED) is 0.729. The molecule has 1 aromatic heterocycles. The van der Waals surface area contributed by atoms with E-state index in [1.54, 1.807) is 0 Å². The second-order valence-corrected chi connectivity index (χ2v) is 5.94. The number of nitrogens with zero attached hydrogens (tertiary/aromatic N) is 2. The highest BCUT2D eigenvalue weighted by Gasteiger charge is 2.20. The summed E-state index contributed by atoms with van der Waals surface area (Å²) >= 11 is 3.49. The van der Waals surface area contributed by atoms with Crippen LogP contribution < -0.4 is 5.73 Å². The third-order valence-electron chi connectivity index (χ3n) is 3.68. The zero-order valence-corrected chi connectivity index (χ0v) is 13.6. The highest BCUT2D eigenvalue weighted by Crippen LogP contribution is 2.35. The summed E-state index contributed by atoms with van der Waals surface area (Å²) in [5.41, 5.74) is 10.6. The molecule has 0 aliphatic heterocycles. The molecule has 0 aliphatic carbocycles. The van der Waals surface area contributed by atoms with Gasteiger partial charge >= 0.3 is 0 Å². The first-order chi connectivity index (χ1) is 10.6. The molecule has 0 fully saturated rings. The lowest BCUT2D eigenvalue weighted by Crippen LogP contribution is -2.02. The van der Waals surface area contributed by atoms with Gasteiger partial charge in [0.2, 0.25) is 0 Å². The van der Waals surface area contributed by atoms with Crippen LogP contribution >= 0.6 is 15.9 Å². The minimum Gasteiger partial charge on any atom is -0.384 e. The maximum Gasteiger partial charge on any atom is 0.126 e. The molecule has 0 unspecified atom stereocenters. The van der Waals surface area contributed by atoms with E-state index in [0.717, 1.165) is 27.0 Å². The van der Waals surface area contributed by atoms with Gasteiger partial charge in [-0.1, -0.05) is 52.3 Å². The van der Waals surface area contributed by atoms with Crippen LogP contribution in [-0.2, 0) is 0 Å². The monoisotopic (exact) mass is 351 g/mol. The summed E-state index contributed by atoms with van der Waals surface area (Å²) in [6.07, 6.45) is 0. The van der Waals surface area contributed by atoms with Crippen LogP contribution in [0.2, 0.25) is 0 Å². The van der Waals surface area contributed by atoms with Crippen LogP contribution in [0.1, 0.15) is 11.1 Å². The molecule has 3 aromatic rings. The first-order valence-corrected chi connectivity index (χ1v) is 7.65. The molecule has 0 saturated heterocycles. The number of aromatic nitrogens is 1. The van der Waals surface area contributed by atoms with Gasteiger partial charge in [0.05, 0.1) is 11.3 Å². The summed E-state index contributed by atoms with van der Waals surface area (Å²) in [6, 6.07) is 20.1. The molecule has 3 nitrogen and oxygen atoms in total. The number of hydrogen-bond acceptors (Lipinski definition) is 2. The van der Waals surface area contributed by atoms with Crippen LogP contribution in [0.4, 0.5) is 5.82 Å². The molecule has 2 N–H and O–H groups in total. The Balaban J connectivity index is 2.37. The molecule has 3 rings (SSSR count). The standard InChI is InChI=1S/C18H14BrN3/c1-12-16(11-20)18(21)22(15-9-5-8-14(19)10-15)17(12)13-6-3-2-4-7-13/h2-10H,21H2,1H3. The largest absolute Gasteiger partial charge is 0.384 e. The molecular formula is C18H14BrN3. The van der Waals surface area contributed by atoms with Crippen molar-refractivity contribution < 1.29 is 0 Å².